The second-order valence-electron chi connectivity index (χ2n) is 3.95. The molecule has 102 valence electrons. The lowest BCUT2D eigenvalue weighted by Gasteiger charge is -2.12. The van der Waals surface area contributed by atoms with Crippen molar-refractivity contribution in [1.29, 1.82) is 0 Å². The van der Waals surface area contributed by atoms with E-state index in [1.54, 1.807) is 24.3 Å². The number of nitrogens with zero attached hydrogens (tertiary/aromatic N) is 6. The molecule has 0 radical (unpaired) electrons. The summed E-state index contributed by atoms with van der Waals surface area (Å²) in [5.74, 6) is -1.93. The van der Waals surface area contributed by atoms with E-state index in [1.807, 2.05) is 6.07 Å². The van der Waals surface area contributed by atoms with Crippen LogP contribution in [0.3, 0.4) is 0 Å². The molecule has 1 aromatic carbocycles. The lowest BCUT2D eigenvalue weighted by atomic mass is 9.91. The summed E-state index contributed by atoms with van der Waals surface area (Å²) in [7, 11) is 0. The van der Waals surface area contributed by atoms with Gasteiger partial charge in [-0.2, -0.15) is 0 Å². The Kier molecular flexibility index (Phi) is 6.33. The Morgan fingerprint density at radius 3 is 1.95 bits per heavy atom. The van der Waals surface area contributed by atoms with Crippen molar-refractivity contribution in [3.63, 3.8) is 0 Å². The molecule has 0 N–H and O–H groups in total. The highest BCUT2D eigenvalue weighted by Gasteiger charge is 2.25. The molecule has 8 nitrogen and oxygen atoms in total. The van der Waals surface area contributed by atoms with Crippen LogP contribution < -0.4 is 0 Å². The fraction of sp³-hybridized carbons (Fsp3) is 0.333. The molecule has 0 atom stereocenters. The van der Waals surface area contributed by atoms with E-state index in [4.69, 9.17) is 11.1 Å². The number of carbonyl (C=O) groups is 2. The molecule has 1 rings (SSSR count). The fourth-order valence-corrected chi connectivity index (χ4v) is 1.68. The minimum Gasteiger partial charge on any atom is -0.299 e. The van der Waals surface area contributed by atoms with Gasteiger partial charge in [-0.1, -0.05) is 40.6 Å². The van der Waals surface area contributed by atoms with Gasteiger partial charge in [-0.3, -0.25) is 9.59 Å². The van der Waals surface area contributed by atoms with Crippen molar-refractivity contribution in [1.82, 2.24) is 0 Å². The molecule has 0 unspecified atom stereocenters. The SMILES string of the molecule is [N-]=[N+]=NCC(=O)C(Cc1ccccc1)C(=O)CN=[N+]=[N-]. The summed E-state index contributed by atoms with van der Waals surface area (Å²) in [5, 5.41) is 6.34. The number of rotatable bonds is 8. The first kappa shape index (κ1) is 15.2. The van der Waals surface area contributed by atoms with E-state index >= 15 is 0 Å². The van der Waals surface area contributed by atoms with Gasteiger partial charge in [0.2, 0.25) is 0 Å². The van der Waals surface area contributed by atoms with E-state index in [-0.39, 0.29) is 6.42 Å². The Balaban J connectivity index is 2.88. The Morgan fingerprint density at radius 2 is 1.50 bits per heavy atom. The summed E-state index contributed by atoms with van der Waals surface area (Å²) in [4.78, 5) is 28.8. The van der Waals surface area contributed by atoms with Crippen molar-refractivity contribution in [2.24, 2.45) is 16.1 Å². The fourth-order valence-electron chi connectivity index (χ4n) is 1.68. The van der Waals surface area contributed by atoms with E-state index in [0.717, 1.165) is 5.56 Å². The molecule has 0 saturated carbocycles. The van der Waals surface area contributed by atoms with Gasteiger partial charge < -0.3 is 0 Å². The summed E-state index contributed by atoms with van der Waals surface area (Å²) in [6.45, 7) is -0.786. The molecular weight excluding hydrogens is 260 g/mol. The van der Waals surface area contributed by atoms with Crippen molar-refractivity contribution in [3.8, 4) is 0 Å². The highest BCUT2D eigenvalue weighted by atomic mass is 16.2. The third kappa shape index (κ3) is 4.81. The largest absolute Gasteiger partial charge is 0.299 e. The van der Waals surface area contributed by atoms with Crippen LogP contribution in [-0.2, 0) is 16.0 Å². The Labute approximate surface area is 114 Å². The molecule has 1 aromatic rings. The number of azide groups is 2. The molecule has 0 bridgehead atoms. The zero-order valence-corrected chi connectivity index (χ0v) is 10.6. The van der Waals surface area contributed by atoms with Gasteiger partial charge in [0, 0.05) is 9.82 Å². The van der Waals surface area contributed by atoms with Gasteiger partial charge in [0.05, 0.1) is 19.0 Å². The van der Waals surface area contributed by atoms with Gasteiger partial charge in [0.25, 0.3) is 0 Å². The number of hydrogen-bond acceptors (Lipinski definition) is 4. The lowest BCUT2D eigenvalue weighted by Crippen LogP contribution is -2.29. The molecule has 0 amide bonds. The standard InChI is InChI=1S/C12H12N6O2/c13-17-15-7-11(19)10(12(20)8-16-18-14)6-9-4-2-1-3-5-9/h1-5,10H,6-8H2. The molecule has 20 heavy (non-hydrogen) atoms. The first-order chi connectivity index (χ1) is 9.69. The van der Waals surface area contributed by atoms with Crippen molar-refractivity contribution in [2.75, 3.05) is 13.1 Å². The van der Waals surface area contributed by atoms with E-state index in [2.05, 4.69) is 20.1 Å². The highest BCUT2D eigenvalue weighted by Crippen LogP contribution is 2.12. The van der Waals surface area contributed by atoms with Crippen LogP contribution in [0.25, 0.3) is 20.9 Å². The highest BCUT2D eigenvalue weighted by molar-refractivity contribution is 6.04. The van der Waals surface area contributed by atoms with Crippen molar-refractivity contribution in [2.45, 2.75) is 6.42 Å². The zero-order chi connectivity index (χ0) is 14.8. The van der Waals surface area contributed by atoms with Crippen LogP contribution in [0.5, 0.6) is 0 Å². The molecule has 8 heteroatoms. The summed E-state index contributed by atoms with van der Waals surface area (Å²) in [5.41, 5.74) is 17.2. The number of ketones is 2. The average molecular weight is 272 g/mol. The molecule has 0 aliphatic carbocycles. The summed E-state index contributed by atoms with van der Waals surface area (Å²) in [6, 6.07) is 8.98. The first-order valence-corrected chi connectivity index (χ1v) is 5.80. The van der Waals surface area contributed by atoms with Crippen LogP contribution in [0.2, 0.25) is 0 Å². The third-order valence-electron chi connectivity index (χ3n) is 2.64. The van der Waals surface area contributed by atoms with E-state index in [9.17, 15) is 9.59 Å². The predicted octanol–water partition coefficient (Wildman–Crippen LogP) is 2.60. The van der Waals surface area contributed by atoms with Gasteiger partial charge in [-0.05, 0) is 23.0 Å². The molecule has 0 fully saturated rings. The topological polar surface area (TPSA) is 132 Å². The smallest absolute Gasteiger partial charge is 0.149 e. The summed E-state index contributed by atoms with van der Waals surface area (Å²) in [6.07, 6.45) is 0.195. The van der Waals surface area contributed by atoms with E-state index < -0.39 is 30.6 Å². The third-order valence-corrected chi connectivity index (χ3v) is 2.64. The number of Topliss-reactive ketones (excluding diaryl/α,β-unsaturated/α-hetero) is 2. The van der Waals surface area contributed by atoms with Gasteiger partial charge in [0.1, 0.15) is 11.6 Å². The lowest BCUT2D eigenvalue weighted by molar-refractivity contribution is -0.131. The van der Waals surface area contributed by atoms with Crippen molar-refractivity contribution >= 4 is 11.6 Å². The Bertz CT molecular complexity index is 541. The van der Waals surface area contributed by atoms with Crippen LogP contribution in [0.1, 0.15) is 5.56 Å². The Hall–Kier alpha value is -2.82. The van der Waals surface area contributed by atoms with E-state index in [1.165, 1.54) is 0 Å². The minimum absolute atomic E-state index is 0.195. The number of benzene rings is 1. The maximum absolute atomic E-state index is 11.9. The van der Waals surface area contributed by atoms with Gasteiger partial charge in [0.15, 0.2) is 0 Å². The van der Waals surface area contributed by atoms with E-state index in [0.29, 0.717) is 0 Å². The average Bonchev–Trinajstić information content (AvgIpc) is 2.48. The predicted molar refractivity (Wildman–Crippen MR) is 71.7 cm³/mol. The normalized spacial score (nSPS) is 10.8. The maximum atomic E-state index is 11.9. The zero-order valence-electron chi connectivity index (χ0n) is 10.6. The molecule has 0 aliphatic heterocycles. The van der Waals surface area contributed by atoms with Crippen LogP contribution in [0.4, 0.5) is 0 Å². The van der Waals surface area contributed by atoms with Crippen molar-refractivity contribution in [3.05, 3.63) is 56.8 Å². The molecule has 0 spiro atoms. The molecule has 0 aliphatic rings. The van der Waals surface area contributed by atoms with Gasteiger partial charge in [-0.15, -0.1) is 0 Å². The first-order valence-electron chi connectivity index (χ1n) is 5.80. The number of hydrogen-bond donors (Lipinski definition) is 0. The van der Waals surface area contributed by atoms with Gasteiger partial charge in [-0.25, -0.2) is 0 Å². The monoisotopic (exact) mass is 272 g/mol. The summed E-state index contributed by atoms with van der Waals surface area (Å²) < 4.78 is 0. The molecule has 0 saturated heterocycles. The quantitative estimate of drug-likeness (QED) is 0.311. The van der Waals surface area contributed by atoms with Crippen molar-refractivity contribution < 1.29 is 9.59 Å². The maximum Gasteiger partial charge on any atom is 0.149 e. The summed E-state index contributed by atoms with van der Waals surface area (Å²) >= 11 is 0. The molecule has 0 heterocycles. The number of carbonyl (C=O) groups excluding carboxylic acids is 2. The van der Waals surface area contributed by atoms with Crippen LogP contribution in [-0.4, -0.2) is 24.7 Å². The second-order valence-corrected chi connectivity index (χ2v) is 3.95. The molecule has 0 aromatic heterocycles. The Morgan fingerprint density at radius 1 is 1.00 bits per heavy atom. The minimum atomic E-state index is -0.964. The van der Waals surface area contributed by atoms with Crippen LogP contribution in [0.15, 0.2) is 40.6 Å². The second kappa shape index (κ2) is 8.31. The van der Waals surface area contributed by atoms with Gasteiger partial charge >= 0.3 is 0 Å². The molecular formula is C12H12N6O2. The van der Waals surface area contributed by atoms with Crippen LogP contribution >= 0.6 is 0 Å². The van der Waals surface area contributed by atoms with Crippen LogP contribution in [0, 0.1) is 5.92 Å².